The predicted molar refractivity (Wildman–Crippen MR) is 75.9 cm³/mol. The van der Waals surface area contributed by atoms with E-state index in [0.717, 1.165) is 12.8 Å². The van der Waals surface area contributed by atoms with E-state index >= 15 is 0 Å². The number of ether oxygens (including phenoxy) is 2. The molecular weight excluding hydrogens is 264 g/mol. The van der Waals surface area contributed by atoms with Gasteiger partial charge in [0.05, 0.1) is 4.99 Å². The summed E-state index contributed by atoms with van der Waals surface area (Å²) in [4.78, 5) is 15.0. The quantitative estimate of drug-likeness (QED) is 0.774. The number of amides is 1. The molecule has 0 atom stereocenters. The van der Waals surface area contributed by atoms with E-state index in [1.165, 1.54) is 0 Å². The summed E-state index contributed by atoms with van der Waals surface area (Å²) in [6, 6.07) is 0.232. The number of carbonyl (C=O) groups excluding carboxylic acids is 1. The van der Waals surface area contributed by atoms with Gasteiger partial charge in [-0.2, -0.15) is 0 Å². The molecule has 19 heavy (non-hydrogen) atoms. The topological polar surface area (TPSA) is 64.8 Å². The zero-order valence-electron chi connectivity index (χ0n) is 11.4. The van der Waals surface area contributed by atoms with Crippen molar-refractivity contribution in [3.05, 3.63) is 0 Å². The van der Waals surface area contributed by atoms with Crippen molar-refractivity contribution in [2.24, 2.45) is 11.1 Å². The normalized spacial score (nSPS) is 23.8. The second kappa shape index (κ2) is 6.15. The molecule has 0 aromatic carbocycles. The minimum absolute atomic E-state index is 0.0511. The SMILES string of the molecule is CN(C(=O)C1(C(N)=S)CCOCC1)C1CCOCC1. The average Bonchev–Trinajstić information content (AvgIpc) is 2.47. The molecular formula is C13H22N2O3S. The molecule has 108 valence electrons. The summed E-state index contributed by atoms with van der Waals surface area (Å²) in [5.74, 6) is 0.0511. The van der Waals surface area contributed by atoms with Crippen LogP contribution >= 0.6 is 12.2 Å². The van der Waals surface area contributed by atoms with E-state index in [2.05, 4.69) is 0 Å². The van der Waals surface area contributed by atoms with Crippen molar-refractivity contribution in [3.8, 4) is 0 Å². The first-order chi connectivity index (χ1) is 9.08. The minimum Gasteiger partial charge on any atom is -0.392 e. The van der Waals surface area contributed by atoms with Gasteiger partial charge in [0, 0.05) is 39.5 Å². The van der Waals surface area contributed by atoms with E-state index in [0.29, 0.717) is 44.3 Å². The number of hydrogen-bond donors (Lipinski definition) is 1. The lowest BCUT2D eigenvalue weighted by Crippen LogP contribution is -2.55. The van der Waals surface area contributed by atoms with Gasteiger partial charge in [0.15, 0.2) is 0 Å². The molecule has 1 amide bonds. The highest BCUT2D eigenvalue weighted by Gasteiger charge is 2.45. The van der Waals surface area contributed by atoms with Gasteiger partial charge < -0.3 is 20.1 Å². The number of carbonyl (C=O) groups is 1. The van der Waals surface area contributed by atoms with Crippen LogP contribution in [0.25, 0.3) is 0 Å². The van der Waals surface area contributed by atoms with Gasteiger partial charge in [-0.1, -0.05) is 12.2 Å². The van der Waals surface area contributed by atoms with Gasteiger partial charge in [-0.05, 0) is 25.7 Å². The van der Waals surface area contributed by atoms with Gasteiger partial charge in [0.25, 0.3) is 0 Å². The zero-order chi connectivity index (χ0) is 13.9. The van der Waals surface area contributed by atoms with Crippen molar-refractivity contribution in [1.82, 2.24) is 4.90 Å². The Hall–Kier alpha value is -0.720. The molecule has 2 aliphatic rings. The maximum Gasteiger partial charge on any atom is 0.235 e. The second-order valence-corrected chi connectivity index (χ2v) is 5.76. The first-order valence-corrected chi connectivity index (χ1v) is 7.21. The van der Waals surface area contributed by atoms with E-state index < -0.39 is 5.41 Å². The Morgan fingerprint density at radius 1 is 1.21 bits per heavy atom. The van der Waals surface area contributed by atoms with Crippen LogP contribution in [0.3, 0.4) is 0 Å². The fourth-order valence-electron chi connectivity index (χ4n) is 2.86. The molecule has 0 spiro atoms. The first-order valence-electron chi connectivity index (χ1n) is 6.80. The Balaban J connectivity index is 2.12. The largest absolute Gasteiger partial charge is 0.392 e. The van der Waals surface area contributed by atoms with Crippen LogP contribution in [-0.2, 0) is 14.3 Å². The standard InChI is InChI=1S/C13H22N2O3S/c1-15(10-2-6-17-7-3-10)12(16)13(11(14)19)4-8-18-9-5-13/h10H,2-9H2,1H3,(H2,14,19). The second-order valence-electron chi connectivity index (χ2n) is 5.32. The number of nitrogens with zero attached hydrogens (tertiary/aromatic N) is 1. The molecule has 0 aliphatic carbocycles. The smallest absolute Gasteiger partial charge is 0.235 e. The van der Waals surface area contributed by atoms with Gasteiger partial charge in [-0.3, -0.25) is 4.79 Å². The molecule has 2 fully saturated rings. The van der Waals surface area contributed by atoms with Gasteiger partial charge >= 0.3 is 0 Å². The minimum atomic E-state index is -0.708. The molecule has 2 N–H and O–H groups in total. The lowest BCUT2D eigenvalue weighted by Gasteiger charge is -2.41. The molecule has 0 bridgehead atoms. The molecule has 6 heteroatoms. The van der Waals surface area contributed by atoms with Crippen molar-refractivity contribution in [2.75, 3.05) is 33.5 Å². The number of rotatable bonds is 3. The molecule has 0 radical (unpaired) electrons. The van der Waals surface area contributed by atoms with Crippen molar-refractivity contribution in [2.45, 2.75) is 31.7 Å². The van der Waals surface area contributed by atoms with Crippen LogP contribution in [0.15, 0.2) is 0 Å². The summed E-state index contributed by atoms with van der Waals surface area (Å²) in [7, 11) is 1.85. The lowest BCUT2D eigenvalue weighted by molar-refractivity contribution is -0.144. The Morgan fingerprint density at radius 2 is 1.74 bits per heavy atom. The summed E-state index contributed by atoms with van der Waals surface area (Å²) in [6.45, 7) is 2.52. The summed E-state index contributed by atoms with van der Waals surface area (Å²) < 4.78 is 10.7. The summed E-state index contributed by atoms with van der Waals surface area (Å²) in [5, 5.41) is 0. The average molecular weight is 286 g/mol. The first kappa shape index (κ1) is 14.7. The van der Waals surface area contributed by atoms with Crippen LogP contribution in [0.5, 0.6) is 0 Å². The summed E-state index contributed by atoms with van der Waals surface area (Å²) in [6.07, 6.45) is 2.95. The van der Waals surface area contributed by atoms with Crippen LogP contribution in [0.1, 0.15) is 25.7 Å². The molecule has 0 aromatic rings. The van der Waals surface area contributed by atoms with E-state index in [1.807, 2.05) is 11.9 Å². The molecule has 2 heterocycles. The van der Waals surface area contributed by atoms with Gasteiger partial charge in [-0.25, -0.2) is 0 Å². The van der Waals surface area contributed by atoms with Crippen LogP contribution in [0.4, 0.5) is 0 Å². The highest BCUT2D eigenvalue weighted by Crippen LogP contribution is 2.34. The third-order valence-electron chi connectivity index (χ3n) is 4.29. The zero-order valence-corrected chi connectivity index (χ0v) is 12.2. The Labute approximate surface area is 119 Å². The predicted octanol–water partition coefficient (Wildman–Crippen LogP) is 0.707. The molecule has 0 saturated carbocycles. The molecule has 0 unspecified atom stereocenters. The van der Waals surface area contributed by atoms with E-state index in [4.69, 9.17) is 27.4 Å². The van der Waals surface area contributed by atoms with E-state index in [9.17, 15) is 4.79 Å². The monoisotopic (exact) mass is 286 g/mol. The fraction of sp³-hybridized carbons (Fsp3) is 0.846. The van der Waals surface area contributed by atoms with Crippen molar-refractivity contribution in [3.63, 3.8) is 0 Å². The molecule has 2 rings (SSSR count). The Morgan fingerprint density at radius 3 is 2.26 bits per heavy atom. The van der Waals surface area contributed by atoms with E-state index in [-0.39, 0.29) is 11.9 Å². The maximum atomic E-state index is 12.8. The lowest BCUT2D eigenvalue weighted by atomic mass is 9.78. The summed E-state index contributed by atoms with van der Waals surface area (Å²) >= 11 is 5.17. The number of hydrogen-bond acceptors (Lipinski definition) is 4. The number of thiocarbonyl (C=S) groups is 1. The third kappa shape index (κ3) is 2.90. The highest BCUT2D eigenvalue weighted by atomic mass is 32.1. The van der Waals surface area contributed by atoms with Crippen LogP contribution in [0.2, 0.25) is 0 Å². The van der Waals surface area contributed by atoms with Crippen LogP contribution in [-0.4, -0.2) is 55.3 Å². The van der Waals surface area contributed by atoms with Gasteiger partial charge in [0.2, 0.25) is 5.91 Å². The molecule has 0 aromatic heterocycles. The Bertz CT molecular complexity index is 350. The van der Waals surface area contributed by atoms with Crippen molar-refractivity contribution in [1.29, 1.82) is 0 Å². The summed E-state index contributed by atoms with van der Waals surface area (Å²) in [5.41, 5.74) is 5.17. The van der Waals surface area contributed by atoms with Crippen molar-refractivity contribution < 1.29 is 14.3 Å². The Kier molecular flexibility index (Phi) is 4.76. The van der Waals surface area contributed by atoms with Crippen LogP contribution in [0, 0.1) is 5.41 Å². The van der Waals surface area contributed by atoms with Gasteiger partial charge in [-0.15, -0.1) is 0 Å². The van der Waals surface area contributed by atoms with Crippen molar-refractivity contribution >= 4 is 23.1 Å². The molecule has 2 saturated heterocycles. The highest BCUT2D eigenvalue weighted by molar-refractivity contribution is 7.80. The van der Waals surface area contributed by atoms with Gasteiger partial charge in [0.1, 0.15) is 5.41 Å². The molecule has 2 aliphatic heterocycles. The maximum absolute atomic E-state index is 12.8. The fourth-order valence-corrected chi connectivity index (χ4v) is 3.15. The molecule has 5 nitrogen and oxygen atoms in total. The number of nitrogens with two attached hydrogens (primary N) is 1. The van der Waals surface area contributed by atoms with Crippen LogP contribution < -0.4 is 5.73 Å². The third-order valence-corrected chi connectivity index (χ3v) is 4.68. The van der Waals surface area contributed by atoms with E-state index in [1.54, 1.807) is 0 Å².